The molecule has 0 radical (unpaired) electrons. The second-order valence-corrected chi connectivity index (χ2v) is 5.49. The Hall–Kier alpha value is -0.420. The van der Waals surface area contributed by atoms with Crippen molar-refractivity contribution < 1.29 is 17.4 Å². The van der Waals surface area contributed by atoms with Gasteiger partial charge in [0.2, 0.25) is 0 Å². The van der Waals surface area contributed by atoms with Crippen molar-refractivity contribution >= 4 is 16.4 Å². The SMILES string of the molecule is CCCCC(C)(C=O)COS(C)(=O)=O. The lowest BCUT2D eigenvalue weighted by Gasteiger charge is -2.21. The van der Waals surface area contributed by atoms with Crippen LogP contribution in [0.4, 0.5) is 0 Å². The molecule has 5 heteroatoms. The summed E-state index contributed by atoms with van der Waals surface area (Å²) in [5.41, 5.74) is -0.681. The van der Waals surface area contributed by atoms with Crippen molar-refractivity contribution in [1.82, 2.24) is 0 Å². The van der Waals surface area contributed by atoms with Crippen molar-refractivity contribution in [1.29, 1.82) is 0 Å². The monoisotopic (exact) mass is 222 g/mol. The summed E-state index contributed by atoms with van der Waals surface area (Å²) >= 11 is 0. The smallest absolute Gasteiger partial charge is 0.264 e. The molecule has 0 fully saturated rings. The van der Waals surface area contributed by atoms with Crippen molar-refractivity contribution in [3.63, 3.8) is 0 Å². The quantitative estimate of drug-likeness (QED) is 0.482. The number of carbonyl (C=O) groups excluding carboxylic acids is 1. The first-order valence-corrected chi connectivity index (χ1v) is 6.45. The second kappa shape index (κ2) is 5.46. The highest BCUT2D eigenvalue weighted by Crippen LogP contribution is 2.22. The van der Waals surface area contributed by atoms with E-state index in [9.17, 15) is 13.2 Å². The molecule has 0 heterocycles. The molecule has 0 aliphatic rings. The Labute approximate surface area is 85.8 Å². The molecule has 0 spiro atoms. The molecule has 0 aromatic heterocycles. The summed E-state index contributed by atoms with van der Waals surface area (Å²) in [6, 6.07) is 0. The van der Waals surface area contributed by atoms with E-state index < -0.39 is 15.5 Å². The fourth-order valence-electron chi connectivity index (χ4n) is 0.987. The fraction of sp³-hybridized carbons (Fsp3) is 0.889. The summed E-state index contributed by atoms with van der Waals surface area (Å²) in [6.45, 7) is 3.67. The molecule has 0 amide bonds. The second-order valence-electron chi connectivity index (χ2n) is 3.84. The lowest BCUT2D eigenvalue weighted by atomic mass is 9.88. The summed E-state index contributed by atoms with van der Waals surface area (Å²) in [7, 11) is -3.45. The zero-order valence-corrected chi connectivity index (χ0v) is 9.76. The average molecular weight is 222 g/mol. The number of unbranched alkanes of at least 4 members (excludes halogenated alkanes) is 1. The molecular formula is C9H18O4S. The normalized spacial score (nSPS) is 16.2. The van der Waals surface area contributed by atoms with Gasteiger partial charge in [0.1, 0.15) is 6.29 Å². The van der Waals surface area contributed by atoms with Crippen LogP contribution in [-0.2, 0) is 19.1 Å². The van der Waals surface area contributed by atoms with E-state index in [1.54, 1.807) is 6.92 Å². The molecular weight excluding hydrogens is 204 g/mol. The minimum atomic E-state index is -3.45. The van der Waals surface area contributed by atoms with E-state index in [-0.39, 0.29) is 6.61 Å². The van der Waals surface area contributed by atoms with Gasteiger partial charge in [0, 0.05) is 5.41 Å². The summed E-state index contributed by atoms with van der Waals surface area (Å²) in [5.74, 6) is 0. The molecule has 0 N–H and O–H groups in total. The van der Waals surface area contributed by atoms with E-state index in [4.69, 9.17) is 0 Å². The van der Waals surface area contributed by atoms with Gasteiger partial charge in [-0.2, -0.15) is 8.42 Å². The Balaban J connectivity index is 4.19. The predicted octanol–water partition coefficient (Wildman–Crippen LogP) is 1.36. The Morgan fingerprint density at radius 1 is 1.43 bits per heavy atom. The zero-order valence-electron chi connectivity index (χ0n) is 8.95. The van der Waals surface area contributed by atoms with Crippen LogP contribution in [0.25, 0.3) is 0 Å². The average Bonchev–Trinajstić information content (AvgIpc) is 2.10. The number of hydrogen-bond donors (Lipinski definition) is 0. The molecule has 84 valence electrons. The van der Waals surface area contributed by atoms with Crippen LogP contribution in [-0.4, -0.2) is 27.6 Å². The predicted molar refractivity (Wildman–Crippen MR) is 54.5 cm³/mol. The molecule has 0 aromatic carbocycles. The van der Waals surface area contributed by atoms with Gasteiger partial charge in [-0.25, -0.2) is 0 Å². The lowest BCUT2D eigenvalue weighted by molar-refractivity contribution is -0.117. The van der Waals surface area contributed by atoms with Crippen molar-refractivity contribution in [2.24, 2.45) is 5.41 Å². The van der Waals surface area contributed by atoms with Crippen molar-refractivity contribution in [2.75, 3.05) is 12.9 Å². The van der Waals surface area contributed by atoms with Gasteiger partial charge >= 0.3 is 0 Å². The van der Waals surface area contributed by atoms with Crippen molar-refractivity contribution in [3.05, 3.63) is 0 Å². The van der Waals surface area contributed by atoms with Crippen LogP contribution in [0, 0.1) is 5.41 Å². The highest BCUT2D eigenvalue weighted by atomic mass is 32.2. The summed E-state index contributed by atoms with van der Waals surface area (Å²) in [4.78, 5) is 10.8. The van der Waals surface area contributed by atoms with Crippen LogP contribution in [0.15, 0.2) is 0 Å². The van der Waals surface area contributed by atoms with E-state index in [1.165, 1.54) is 0 Å². The third kappa shape index (κ3) is 6.10. The fourth-order valence-corrected chi connectivity index (χ4v) is 1.47. The van der Waals surface area contributed by atoms with Gasteiger partial charge in [0.15, 0.2) is 0 Å². The summed E-state index contributed by atoms with van der Waals surface area (Å²) in [5, 5.41) is 0. The first kappa shape index (κ1) is 13.6. The third-order valence-corrected chi connectivity index (χ3v) is 2.53. The molecule has 1 unspecified atom stereocenters. The minimum Gasteiger partial charge on any atom is -0.303 e. The molecule has 14 heavy (non-hydrogen) atoms. The highest BCUT2D eigenvalue weighted by molar-refractivity contribution is 7.85. The van der Waals surface area contributed by atoms with Gasteiger partial charge in [-0.15, -0.1) is 0 Å². The highest BCUT2D eigenvalue weighted by Gasteiger charge is 2.25. The first-order chi connectivity index (χ1) is 6.33. The molecule has 0 aromatic rings. The van der Waals surface area contributed by atoms with E-state index in [2.05, 4.69) is 4.18 Å². The molecule has 1 atom stereocenters. The maximum absolute atomic E-state index is 10.8. The molecule has 0 bridgehead atoms. The van der Waals surface area contributed by atoms with Gasteiger partial charge < -0.3 is 4.79 Å². The molecule has 0 aliphatic heterocycles. The van der Waals surface area contributed by atoms with Crippen molar-refractivity contribution in [3.8, 4) is 0 Å². The zero-order chi connectivity index (χ0) is 11.2. The van der Waals surface area contributed by atoms with E-state index >= 15 is 0 Å². The van der Waals surface area contributed by atoms with Crippen LogP contribution in [0.3, 0.4) is 0 Å². The summed E-state index contributed by atoms with van der Waals surface area (Å²) in [6.07, 6.45) is 4.28. The number of carbonyl (C=O) groups is 1. The Morgan fingerprint density at radius 2 is 2.00 bits per heavy atom. The summed E-state index contributed by atoms with van der Waals surface area (Å²) < 4.78 is 26.1. The van der Waals surface area contributed by atoms with Gasteiger partial charge in [-0.05, 0) is 6.42 Å². The topological polar surface area (TPSA) is 60.4 Å². The van der Waals surface area contributed by atoms with E-state index in [0.717, 1.165) is 25.4 Å². The van der Waals surface area contributed by atoms with Crippen LogP contribution in [0.5, 0.6) is 0 Å². The first-order valence-electron chi connectivity index (χ1n) is 4.64. The van der Waals surface area contributed by atoms with E-state index in [1.807, 2.05) is 6.92 Å². The molecule has 0 saturated carbocycles. The maximum atomic E-state index is 10.8. The van der Waals surface area contributed by atoms with Crippen LogP contribution in [0.1, 0.15) is 33.1 Å². The lowest BCUT2D eigenvalue weighted by Crippen LogP contribution is -2.26. The number of aldehydes is 1. The Morgan fingerprint density at radius 3 is 2.36 bits per heavy atom. The van der Waals surface area contributed by atoms with Crippen LogP contribution >= 0.6 is 0 Å². The standard InChI is InChI=1S/C9H18O4S/c1-4-5-6-9(2,7-10)8-13-14(3,11)12/h7H,4-6,8H2,1-3H3. The molecule has 0 aliphatic carbocycles. The Kier molecular flexibility index (Phi) is 5.29. The largest absolute Gasteiger partial charge is 0.303 e. The van der Waals surface area contributed by atoms with Crippen LogP contribution < -0.4 is 0 Å². The maximum Gasteiger partial charge on any atom is 0.264 e. The van der Waals surface area contributed by atoms with Crippen LogP contribution in [0.2, 0.25) is 0 Å². The third-order valence-electron chi connectivity index (χ3n) is 1.99. The van der Waals surface area contributed by atoms with E-state index in [0.29, 0.717) is 6.42 Å². The number of rotatable bonds is 7. The minimum absolute atomic E-state index is 0.0602. The Bertz CT molecular complexity index is 271. The molecule has 0 saturated heterocycles. The van der Waals surface area contributed by atoms with Gasteiger partial charge in [-0.3, -0.25) is 4.18 Å². The van der Waals surface area contributed by atoms with Gasteiger partial charge in [-0.1, -0.05) is 26.7 Å². The van der Waals surface area contributed by atoms with Crippen molar-refractivity contribution in [2.45, 2.75) is 33.1 Å². The molecule has 4 nitrogen and oxygen atoms in total. The molecule has 0 rings (SSSR count). The van der Waals surface area contributed by atoms with Gasteiger partial charge in [0.05, 0.1) is 12.9 Å². The van der Waals surface area contributed by atoms with Gasteiger partial charge in [0.25, 0.3) is 10.1 Å². The number of hydrogen-bond acceptors (Lipinski definition) is 4.